The summed E-state index contributed by atoms with van der Waals surface area (Å²) < 4.78 is 45.1. The molecule has 1 atom stereocenters. The van der Waals surface area contributed by atoms with Crippen molar-refractivity contribution in [2.75, 3.05) is 6.26 Å². The third kappa shape index (κ3) is 3.25. The van der Waals surface area contributed by atoms with Crippen molar-refractivity contribution in [3.8, 4) is 0 Å². The second-order valence-corrected chi connectivity index (χ2v) is 7.52. The van der Waals surface area contributed by atoms with Gasteiger partial charge in [-0.3, -0.25) is 0 Å². The minimum atomic E-state index is -3.89. The van der Waals surface area contributed by atoms with E-state index in [0.717, 1.165) is 6.26 Å². The van der Waals surface area contributed by atoms with Crippen molar-refractivity contribution in [1.29, 1.82) is 0 Å². The van der Waals surface area contributed by atoms with Crippen molar-refractivity contribution in [3.63, 3.8) is 0 Å². The highest BCUT2D eigenvalue weighted by Gasteiger charge is 2.20. The Labute approximate surface area is 101 Å². The second-order valence-electron chi connectivity index (χ2n) is 3.82. The maximum atomic E-state index is 11.3. The van der Waals surface area contributed by atoms with Gasteiger partial charge < -0.3 is 5.73 Å². The highest BCUT2D eigenvalue weighted by Crippen LogP contribution is 2.21. The zero-order valence-electron chi connectivity index (χ0n) is 9.41. The van der Waals surface area contributed by atoms with E-state index in [9.17, 15) is 16.8 Å². The third-order valence-corrected chi connectivity index (χ3v) is 4.56. The molecule has 96 valence electrons. The Morgan fingerprint density at radius 1 is 1.18 bits per heavy atom. The van der Waals surface area contributed by atoms with E-state index >= 15 is 0 Å². The number of aryl methyl sites for hydroxylation is 1. The molecule has 1 rings (SSSR count). The fourth-order valence-corrected chi connectivity index (χ4v) is 2.81. The zero-order valence-corrected chi connectivity index (χ0v) is 11.0. The van der Waals surface area contributed by atoms with E-state index in [0.29, 0.717) is 5.56 Å². The van der Waals surface area contributed by atoms with Crippen molar-refractivity contribution in [3.05, 3.63) is 29.3 Å². The molecular weight excluding hydrogens is 264 g/mol. The van der Waals surface area contributed by atoms with Crippen LogP contribution in [0.4, 0.5) is 0 Å². The molecule has 0 saturated heterocycles. The largest absolute Gasteiger partial charge is 0.311 e. The van der Waals surface area contributed by atoms with Gasteiger partial charge in [-0.15, -0.1) is 0 Å². The Morgan fingerprint density at radius 3 is 2.12 bits per heavy atom. The molecule has 0 bridgehead atoms. The van der Waals surface area contributed by atoms with E-state index in [1.165, 1.54) is 18.2 Å². The van der Waals surface area contributed by atoms with Gasteiger partial charge in [0.1, 0.15) is 5.37 Å². The molecule has 6 nitrogen and oxygen atoms in total. The first-order chi connectivity index (χ1) is 7.53. The van der Waals surface area contributed by atoms with Crippen molar-refractivity contribution in [2.45, 2.75) is 17.2 Å². The quantitative estimate of drug-likeness (QED) is 0.782. The molecule has 0 amide bonds. The first-order valence-electron chi connectivity index (χ1n) is 4.61. The van der Waals surface area contributed by atoms with E-state index in [-0.39, 0.29) is 10.5 Å². The van der Waals surface area contributed by atoms with E-state index in [2.05, 4.69) is 0 Å². The van der Waals surface area contributed by atoms with Crippen molar-refractivity contribution in [1.82, 2.24) is 0 Å². The number of hydrogen-bond donors (Lipinski definition) is 2. The molecule has 0 aliphatic heterocycles. The highest BCUT2D eigenvalue weighted by atomic mass is 32.2. The van der Waals surface area contributed by atoms with E-state index in [1.54, 1.807) is 6.92 Å². The van der Waals surface area contributed by atoms with Gasteiger partial charge in [-0.1, -0.05) is 12.1 Å². The first-order valence-corrected chi connectivity index (χ1v) is 8.11. The minimum Gasteiger partial charge on any atom is -0.311 e. The maximum absolute atomic E-state index is 11.3. The van der Waals surface area contributed by atoms with Crippen LogP contribution in [0.25, 0.3) is 0 Å². The lowest BCUT2D eigenvalue weighted by atomic mass is 10.1. The lowest BCUT2D eigenvalue weighted by Gasteiger charge is -2.12. The molecule has 0 fully saturated rings. The summed E-state index contributed by atoms with van der Waals surface area (Å²) in [5.74, 6) is 0. The molecule has 1 aromatic carbocycles. The molecule has 4 N–H and O–H groups in total. The van der Waals surface area contributed by atoms with Crippen LogP contribution in [0.15, 0.2) is 23.1 Å². The summed E-state index contributed by atoms with van der Waals surface area (Å²) in [6.07, 6.45) is 0.980. The van der Waals surface area contributed by atoms with Crippen molar-refractivity contribution >= 4 is 19.9 Å². The number of rotatable bonds is 3. The van der Waals surface area contributed by atoms with Crippen LogP contribution < -0.4 is 10.9 Å². The van der Waals surface area contributed by atoms with Gasteiger partial charge in [-0.2, -0.15) is 0 Å². The molecule has 0 heterocycles. The van der Waals surface area contributed by atoms with Crippen LogP contribution in [0.5, 0.6) is 0 Å². The normalized spacial score (nSPS) is 14.6. The van der Waals surface area contributed by atoms with Crippen LogP contribution in [-0.2, 0) is 19.9 Å². The van der Waals surface area contributed by atoms with Gasteiger partial charge in [0.2, 0.25) is 10.0 Å². The van der Waals surface area contributed by atoms with Crippen LogP contribution in [0.1, 0.15) is 16.5 Å². The van der Waals surface area contributed by atoms with Gasteiger partial charge in [-0.25, -0.2) is 22.0 Å². The Balaban J connectivity index is 3.43. The number of sulfone groups is 1. The van der Waals surface area contributed by atoms with Crippen molar-refractivity contribution in [2.24, 2.45) is 10.9 Å². The van der Waals surface area contributed by atoms with Gasteiger partial charge in [0, 0.05) is 6.26 Å². The number of sulfonamides is 1. The Hall–Kier alpha value is -0.960. The number of benzene rings is 1. The van der Waals surface area contributed by atoms with Crippen molar-refractivity contribution < 1.29 is 16.8 Å². The average Bonchev–Trinajstić information content (AvgIpc) is 2.14. The SMILES string of the molecule is Cc1ccc(C(N)S(C)(=O)=O)cc1S(N)(=O)=O. The van der Waals surface area contributed by atoms with E-state index in [1.807, 2.05) is 0 Å². The number of hydrogen-bond acceptors (Lipinski definition) is 5. The predicted octanol–water partition coefficient (Wildman–Crippen LogP) is -0.356. The average molecular weight is 278 g/mol. The molecule has 17 heavy (non-hydrogen) atoms. The second kappa shape index (κ2) is 4.37. The molecule has 0 spiro atoms. The number of nitrogens with two attached hydrogens (primary N) is 2. The topological polar surface area (TPSA) is 120 Å². The third-order valence-electron chi connectivity index (χ3n) is 2.31. The summed E-state index contributed by atoms with van der Waals surface area (Å²) in [5, 5.41) is 3.76. The molecule has 1 unspecified atom stereocenters. The summed E-state index contributed by atoms with van der Waals surface area (Å²) in [7, 11) is -7.37. The highest BCUT2D eigenvalue weighted by molar-refractivity contribution is 7.91. The Bertz CT molecular complexity index is 635. The van der Waals surface area contributed by atoms with Gasteiger partial charge in [0.15, 0.2) is 9.84 Å². The molecule has 0 saturated carbocycles. The molecule has 0 aromatic heterocycles. The Kier molecular flexibility index (Phi) is 3.63. The molecule has 8 heteroatoms. The molecule has 0 aliphatic rings. The fourth-order valence-electron chi connectivity index (χ4n) is 1.35. The summed E-state index contributed by atoms with van der Waals surface area (Å²) in [6.45, 7) is 1.56. The first kappa shape index (κ1) is 14.1. The van der Waals surface area contributed by atoms with Crippen LogP contribution >= 0.6 is 0 Å². The van der Waals surface area contributed by atoms with Crippen LogP contribution in [0.3, 0.4) is 0 Å². The van der Waals surface area contributed by atoms with Gasteiger partial charge in [0.25, 0.3) is 0 Å². The summed E-state index contributed by atoms with van der Waals surface area (Å²) in [4.78, 5) is -0.117. The van der Waals surface area contributed by atoms with Crippen LogP contribution in [-0.4, -0.2) is 23.1 Å². The lowest BCUT2D eigenvalue weighted by molar-refractivity contribution is 0.588. The summed E-state index contributed by atoms with van der Waals surface area (Å²) >= 11 is 0. The fraction of sp³-hybridized carbons (Fsp3) is 0.333. The number of primary sulfonamides is 1. The van der Waals surface area contributed by atoms with Gasteiger partial charge >= 0.3 is 0 Å². The van der Waals surface area contributed by atoms with Crippen LogP contribution in [0.2, 0.25) is 0 Å². The van der Waals surface area contributed by atoms with Gasteiger partial charge in [0.05, 0.1) is 4.90 Å². The maximum Gasteiger partial charge on any atom is 0.238 e. The Morgan fingerprint density at radius 2 is 1.71 bits per heavy atom. The summed E-state index contributed by atoms with van der Waals surface area (Å²) in [5.41, 5.74) is 6.15. The lowest BCUT2D eigenvalue weighted by Crippen LogP contribution is -2.21. The van der Waals surface area contributed by atoms with Gasteiger partial charge in [-0.05, 0) is 24.1 Å². The minimum absolute atomic E-state index is 0.117. The molecule has 0 aliphatic carbocycles. The molecular formula is C9H14N2O4S2. The van der Waals surface area contributed by atoms with Crippen LogP contribution in [0, 0.1) is 6.92 Å². The zero-order chi connectivity index (χ0) is 13.4. The molecule has 1 aromatic rings. The van der Waals surface area contributed by atoms with E-state index in [4.69, 9.17) is 10.9 Å². The predicted molar refractivity (Wildman–Crippen MR) is 64.3 cm³/mol. The smallest absolute Gasteiger partial charge is 0.238 e. The van der Waals surface area contributed by atoms with E-state index < -0.39 is 25.2 Å². The summed E-state index contributed by atoms with van der Waals surface area (Å²) in [6, 6.07) is 4.13. The monoisotopic (exact) mass is 278 g/mol. The standard InChI is InChI=1S/C9H14N2O4S2/c1-6-3-4-7(9(10)16(2,12)13)5-8(6)17(11,14)15/h3-5,9H,10H2,1-2H3,(H2,11,14,15). The molecule has 0 radical (unpaired) electrons.